The highest BCUT2D eigenvalue weighted by molar-refractivity contribution is 5.96. The molecular formula is C10H12N2O. The number of carbonyl (C=O) groups excluding carboxylic acids is 1. The Balaban J connectivity index is 2.54. The highest BCUT2D eigenvalue weighted by Gasteiger charge is 2.01. The van der Waals surface area contributed by atoms with Gasteiger partial charge in [-0.3, -0.25) is 9.78 Å². The molecule has 1 aromatic heterocycles. The Kier molecular flexibility index (Phi) is 3.70. The summed E-state index contributed by atoms with van der Waals surface area (Å²) in [5, 5.41) is 2.83. The summed E-state index contributed by atoms with van der Waals surface area (Å²) in [7, 11) is 1.80. The molecule has 0 radical (unpaired) electrons. The number of pyridine rings is 1. The zero-order chi connectivity index (χ0) is 9.52. The van der Waals surface area contributed by atoms with Crippen molar-refractivity contribution in [2.45, 2.75) is 6.42 Å². The van der Waals surface area contributed by atoms with Gasteiger partial charge < -0.3 is 5.32 Å². The molecule has 0 fully saturated rings. The number of hydrogen-bond acceptors (Lipinski definition) is 3. The zero-order valence-electron chi connectivity index (χ0n) is 7.53. The van der Waals surface area contributed by atoms with Crippen LogP contribution in [0, 0.1) is 0 Å². The maximum absolute atomic E-state index is 11.4. The number of carbonyl (C=O) groups is 1. The van der Waals surface area contributed by atoms with Gasteiger partial charge in [-0.15, -0.1) is 0 Å². The van der Waals surface area contributed by atoms with Crippen LogP contribution in [0.1, 0.15) is 16.8 Å². The molecule has 0 aliphatic rings. The van der Waals surface area contributed by atoms with Crippen LogP contribution in [-0.4, -0.2) is 17.8 Å². The molecule has 0 aromatic carbocycles. The van der Waals surface area contributed by atoms with Gasteiger partial charge in [0.25, 0.3) is 0 Å². The molecule has 13 heavy (non-hydrogen) atoms. The van der Waals surface area contributed by atoms with Crippen molar-refractivity contribution in [3.05, 3.63) is 42.4 Å². The van der Waals surface area contributed by atoms with Crippen LogP contribution >= 0.6 is 0 Å². The summed E-state index contributed by atoms with van der Waals surface area (Å²) in [5.74, 6) is 0.0830. The Labute approximate surface area is 77.5 Å². The van der Waals surface area contributed by atoms with Gasteiger partial charge in [0.1, 0.15) is 0 Å². The van der Waals surface area contributed by atoms with E-state index in [4.69, 9.17) is 0 Å². The van der Waals surface area contributed by atoms with E-state index in [2.05, 4.69) is 10.3 Å². The van der Waals surface area contributed by atoms with Crippen molar-refractivity contribution in [1.29, 1.82) is 0 Å². The average molecular weight is 176 g/mol. The summed E-state index contributed by atoms with van der Waals surface area (Å²) >= 11 is 0. The highest BCUT2D eigenvalue weighted by Crippen LogP contribution is 2.00. The van der Waals surface area contributed by atoms with Crippen molar-refractivity contribution < 1.29 is 4.79 Å². The van der Waals surface area contributed by atoms with Gasteiger partial charge in [0, 0.05) is 31.4 Å². The van der Waals surface area contributed by atoms with E-state index in [0.717, 1.165) is 0 Å². The van der Waals surface area contributed by atoms with Crippen LogP contribution in [0.25, 0.3) is 0 Å². The van der Waals surface area contributed by atoms with Crippen LogP contribution in [0.4, 0.5) is 0 Å². The summed E-state index contributed by atoms with van der Waals surface area (Å²) in [5.41, 5.74) is 0.656. The molecule has 3 heteroatoms. The Morgan fingerprint density at radius 1 is 1.69 bits per heavy atom. The molecule has 1 aromatic rings. The average Bonchev–Trinajstić information content (AvgIpc) is 2.19. The number of nitrogens with one attached hydrogen (secondary N) is 1. The van der Waals surface area contributed by atoms with Gasteiger partial charge in [0.15, 0.2) is 5.78 Å². The van der Waals surface area contributed by atoms with Crippen LogP contribution in [0.3, 0.4) is 0 Å². The first kappa shape index (κ1) is 9.45. The minimum atomic E-state index is 0.0830. The van der Waals surface area contributed by atoms with Crippen LogP contribution < -0.4 is 5.32 Å². The first-order chi connectivity index (χ1) is 6.34. The Hall–Kier alpha value is -1.64. The molecule has 0 spiro atoms. The Morgan fingerprint density at radius 3 is 3.15 bits per heavy atom. The third-order valence-corrected chi connectivity index (χ3v) is 1.57. The minimum Gasteiger partial charge on any atom is -0.394 e. The lowest BCUT2D eigenvalue weighted by atomic mass is 10.1. The predicted octanol–water partition coefficient (Wildman–Crippen LogP) is 1.39. The van der Waals surface area contributed by atoms with E-state index in [-0.39, 0.29) is 5.78 Å². The fourth-order valence-electron chi connectivity index (χ4n) is 0.929. The quantitative estimate of drug-likeness (QED) is 0.705. The molecule has 0 aliphatic heterocycles. The maximum atomic E-state index is 11.4. The number of aromatic nitrogens is 1. The number of nitrogens with zero attached hydrogens (tertiary/aromatic N) is 1. The summed E-state index contributed by atoms with van der Waals surface area (Å²) in [6.07, 6.45) is 7.17. The monoisotopic (exact) mass is 176 g/mol. The van der Waals surface area contributed by atoms with Gasteiger partial charge in [-0.2, -0.15) is 0 Å². The van der Waals surface area contributed by atoms with Crippen molar-refractivity contribution in [2.75, 3.05) is 7.05 Å². The van der Waals surface area contributed by atoms with Gasteiger partial charge >= 0.3 is 0 Å². The highest BCUT2D eigenvalue weighted by atomic mass is 16.1. The number of rotatable bonds is 4. The maximum Gasteiger partial charge on any atom is 0.168 e. The lowest BCUT2D eigenvalue weighted by molar-refractivity contribution is 0.0995. The summed E-state index contributed by atoms with van der Waals surface area (Å²) < 4.78 is 0. The second-order valence-electron chi connectivity index (χ2n) is 2.56. The second-order valence-corrected chi connectivity index (χ2v) is 2.56. The summed E-state index contributed by atoms with van der Waals surface area (Å²) in [6, 6.07) is 3.53. The van der Waals surface area contributed by atoms with E-state index in [1.165, 1.54) is 0 Å². The molecule has 1 N–H and O–H groups in total. The fourth-order valence-corrected chi connectivity index (χ4v) is 0.929. The molecule has 0 saturated carbocycles. The first-order valence-corrected chi connectivity index (χ1v) is 4.10. The Morgan fingerprint density at radius 2 is 2.54 bits per heavy atom. The van der Waals surface area contributed by atoms with Crippen LogP contribution in [-0.2, 0) is 0 Å². The van der Waals surface area contributed by atoms with E-state index in [1.807, 2.05) is 0 Å². The van der Waals surface area contributed by atoms with Crippen molar-refractivity contribution in [3.8, 4) is 0 Å². The van der Waals surface area contributed by atoms with Crippen molar-refractivity contribution in [2.24, 2.45) is 0 Å². The standard InChI is InChI=1S/C10H12N2O/c1-11-6-3-5-10(13)9-4-2-7-12-8-9/h2-4,6-8,11H,5H2,1H3/b6-3+. The van der Waals surface area contributed by atoms with E-state index in [0.29, 0.717) is 12.0 Å². The van der Waals surface area contributed by atoms with E-state index < -0.39 is 0 Å². The molecule has 3 nitrogen and oxygen atoms in total. The first-order valence-electron chi connectivity index (χ1n) is 4.10. The molecule has 1 heterocycles. The van der Waals surface area contributed by atoms with Gasteiger partial charge in [0.05, 0.1) is 0 Å². The third-order valence-electron chi connectivity index (χ3n) is 1.57. The molecule has 0 saturated heterocycles. The molecule has 68 valence electrons. The largest absolute Gasteiger partial charge is 0.394 e. The summed E-state index contributed by atoms with van der Waals surface area (Å²) in [4.78, 5) is 15.3. The Bertz CT molecular complexity index is 293. The molecule has 1 rings (SSSR count). The predicted molar refractivity (Wildman–Crippen MR) is 51.4 cm³/mol. The van der Waals surface area contributed by atoms with E-state index in [9.17, 15) is 4.79 Å². The number of allylic oxidation sites excluding steroid dienone is 1. The molecule has 0 aliphatic carbocycles. The number of Topliss-reactive ketones (excluding diaryl/α,β-unsaturated/α-hetero) is 1. The SMILES string of the molecule is CN/C=C/CC(=O)c1cccnc1. The topological polar surface area (TPSA) is 42.0 Å². The molecule has 0 amide bonds. The van der Waals surface area contributed by atoms with E-state index in [1.54, 1.807) is 43.9 Å². The van der Waals surface area contributed by atoms with Gasteiger partial charge in [-0.05, 0) is 18.3 Å². The molecule has 0 unspecified atom stereocenters. The van der Waals surface area contributed by atoms with Crippen molar-refractivity contribution in [1.82, 2.24) is 10.3 Å². The normalized spacial score (nSPS) is 10.2. The van der Waals surface area contributed by atoms with Crippen molar-refractivity contribution >= 4 is 5.78 Å². The van der Waals surface area contributed by atoms with Gasteiger partial charge in [0.2, 0.25) is 0 Å². The number of hydrogen-bond donors (Lipinski definition) is 1. The fraction of sp³-hybridized carbons (Fsp3) is 0.200. The van der Waals surface area contributed by atoms with Crippen LogP contribution in [0.15, 0.2) is 36.8 Å². The van der Waals surface area contributed by atoms with Gasteiger partial charge in [-0.1, -0.05) is 6.08 Å². The van der Waals surface area contributed by atoms with Crippen LogP contribution in [0.2, 0.25) is 0 Å². The van der Waals surface area contributed by atoms with Crippen LogP contribution in [0.5, 0.6) is 0 Å². The molecule has 0 atom stereocenters. The molecular weight excluding hydrogens is 164 g/mol. The lowest BCUT2D eigenvalue weighted by Gasteiger charge is -1.95. The minimum absolute atomic E-state index is 0.0830. The van der Waals surface area contributed by atoms with Crippen molar-refractivity contribution in [3.63, 3.8) is 0 Å². The summed E-state index contributed by atoms with van der Waals surface area (Å²) in [6.45, 7) is 0. The third kappa shape index (κ3) is 3.07. The smallest absolute Gasteiger partial charge is 0.168 e. The second kappa shape index (κ2) is 5.09. The van der Waals surface area contributed by atoms with Gasteiger partial charge in [-0.25, -0.2) is 0 Å². The van der Waals surface area contributed by atoms with E-state index >= 15 is 0 Å². The molecule has 0 bridgehead atoms. The number of ketones is 1. The zero-order valence-corrected chi connectivity index (χ0v) is 7.53. The lowest BCUT2D eigenvalue weighted by Crippen LogP contribution is -1.98.